The lowest BCUT2D eigenvalue weighted by molar-refractivity contribution is -0.114. The predicted molar refractivity (Wildman–Crippen MR) is 80.5 cm³/mol. The van der Waals surface area contributed by atoms with E-state index in [2.05, 4.69) is 16.3 Å². The highest BCUT2D eigenvalue weighted by atomic mass is 16.2. The summed E-state index contributed by atoms with van der Waals surface area (Å²) in [6, 6.07) is 8.76. The number of carbonyl (C=O) groups excluding carboxylic acids is 1. The third-order valence-electron chi connectivity index (χ3n) is 3.55. The van der Waals surface area contributed by atoms with Gasteiger partial charge in [-0.05, 0) is 49.9 Å². The van der Waals surface area contributed by atoms with Crippen molar-refractivity contribution in [2.45, 2.75) is 45.2 Å². The normalized spacial score (nSPS) is 14.6. The van der Waals surface area contributed by atoms with Gasteiger partial charge < -0.3 is 10.4 Å². The van der Waals surface area contributed by atoms with Crippen molar-refractivity contribution in [1.29, 1.82) is 0 Å². The summed E-state index contributed by atoms with van der Waals surface area (Å²) >= 11 is 0. The number of aliphatic hydroxyl groups is 1. The molecule has 0 atom stereocenters. The highest BCUT2D eigenvalue weighted by molar-refractivity contribution is 5.88. The Morgan fingerprint density at radius 2 is 2.20 bits per heavy atom. The number of amides is 1. The zero-order chi connectivity index (χ0) is 14.4. The van der Waals surface area contributed by atoms with Crippen molar-refractivity contribution in [3.05, 3.63) is 29.8 Å². The molecule has 4 nitrogen and oxygen atoms in total. The summed E-state index contributed by atoms with van der Waals surface area (Å²) in [5.41, 5.74) is 2.09. The summed E-state index contributed by atoms with van der Waals surface area (Å²) in [7, 11) is 0. The van der Waals surface area contributed by atoms with E-state index in [-0.39, 0.29) is 12.5 Å². The molecule has 1 aromatic carbocycles. The van der Waals surface area contributed by atoms with Gasteiger partial charge >= 0.3 is 0 Å². The van der Waals surface area contributed by atoms with Crippen LogP contribution in [0.1, 0.15) is 38.2 Å². The molecule has 1 fully saturated rings. The van der Waals surface area contributed by atoms with Crippen LogP contribution in [-0.2, 0) is 11.3 Å². The minimum Gasteiger partial charge on any atom is -0.396 e. The Bertz CT molecular complexity index is 444. The van der Waals surface area contributed by atoms with Gasteiger partial charge in [0.05, 0.1) is 0 Å². The van der Waals surface area contributed by atoms with Crippen LogP contribution < -0.4 is 5.32 Å². The molecule has 1 aromatic rings. The molecule has 0 heterocycles. The Labute approximate surface area is 120 Å². The van der Waals surface area contributed by atoms with Crippen LogP contribution in [0.15, 0.2) is 24.3 Å². The van der Waals surface area contributed by atoms with Gasteiger partial charge in [0, 0.05) is 31.8 Å². The average molecular weight is 276 g/mol. The second-order valence-corrected chi connectivity index (χ2v) is 5.51. The van der Waals surface area contributed by atoms with Crippen molar-refractivity contribution in [1.82, 2.24) is 4.90 Å². The van der Waals surface area contributed by atoms with E-state index in [1.807, 2.05) is 18.2 Å². The van der Waals surface area contributed by atoms with E-state index in [1.165, 1.54) is 25.3 Å². The number of unbranched alkanes of at least 4 members (excludes halogenated alkanes) is 1. The van der Waals surface area contributed by atoms with Crippen molar-refractivity contribution >= 4 is 11.6 Å². The van der Waals surface area contributed by atoms with Crippen molar-refractivity contribution in [2.24, 2.45) is 0 Å². The standard InChI is InChI=1S/C16H24N2O2/c1-13(20)17-15-6-4-5-14(11-15)12-18(16-7-8-16)9-2-3-10-19/h4-6,11,16,19H,2-3,7-10,12H2,1H3,(H,17,20). The summed E-state index contributed by atoms with van der Waals surface area (Å²) in [4.78, 5) is 13.6. The van der Waals surface area contributed by atoms with Crippen LogP contribution >= 0.6 is 0 Å². The molecule has 0 aromatic heterocycles. The molecular formula is C16H24N2O2. The molecule has 0 bridgehead atoms. The summed E-state index contributed by atoms with van der Waals surface area (Å²) < 4.78 is 0. The minimum absolute atomic E-state index is 0.0378. The number of nitrogens with one attached hydrogen (secondary N) is 1. The predicted octanol–water partition coefficient (Wildman–Crippen LogP) is 2.38. The lowest BCUT2D eigenvalue weighted by Gasteiger charge is -2.22. The van der Waals surface area contributed by atoms with Crippen LogP contribution in [0, 0.1) is 0 Å². The molecule has 1 amide bonds. The van der Waals surface area contributed by atoms with Gasteiger partial charge in [0.2, 0.25) is 5.91 Å². The zero-order valence-corrected chi connectivity index (χ0v) is 12.1. The lowest BCUT2D eigenvalue weighted by Crippen LogP contribution is -2.27. The van der Waals surface area contributed by atoms with Gasteiger partial charge in [0.25, 0.3) is 0 Å². The van der Waals surface area contributed by atoms with Crippen LogP contribution in [0.2, 0.25) is 0 Å². The van der Waals surface area contributed by atoms with Crippen molar-refractivity contribution in [3.8, 4) is 0 Å². The number of aliphatic hydroxyl groups excluding tert-OH is 1. The molecule has 0 unspecified atom stereocenters. The van der Waals surface area contributed by atoms with Gasteiger partial charge in [-0.3, -0.25) is 9.69 Å². The average Bonchev–Trinajstić information content (AvgIpc) is 3.22. The fourth-order valence-corrected chi connectivity index (χ4v) is 2.44. The Kier molecular flexibility index (Phi) is 5.56. The van der Waals surface area contributed by atoms with Crippen LogP contribution in [-0.4, -0.2) is 35.1 Å². The fraction of sp³-hybridized carbons (Fsp3) is 0.562. The first-order valence-electron chi connectivity index (χ1n) is 7.40. The second-order valence-electron chi connectivity index (χ2n) is 5.51. The van der Waals surface area contributed by atoms with E-state index in [4.69, 9.17) is 5.11 Å². The first-order valence-corrected chi connectivity index (χ1v) is 7.40. The fourth-order valence-electron chi connectivity index (χ4n) is 2.44. The number of nitrogens with zero attached hydrogens (tertiary/aromatic N) is 1. The molecule has 1 aliphatic carbocycles. The van der Waals surface area contributed by atoms with Gasteiger partial charge in [-0.1, -0.05) is 12.1 Å². The molecule has 2 rings (SSSR count). The number of benzene rings is 1. The van der Waals surface area contributed by atoms with Crippen LogP contribution in [0.5, 0.6) is 0 Å². The molecule has 0 saturated heterocycles. The smallest absolute Gasteiger partial charge is 0.221 e. The molecule has 1 saturated carbocycles. The van der Waals surface area contributed by atoms with Gasteiger partial charge in [0.1, 0.15) is 0 Å². The highest BCUT2D eigenvalue weighted by Crippen LogP contribution is 2.29. The lowest BCUT2D eigenvalue weighted by atomic mass is 10.1. The molecule has 0 spiro atoms. The number of rotatable bonds is 8. The third-order valence-corrected chi connectivity index (χ3v) is 3.55. The van der Waals surface area contributed by atoms with E-state index >= 15 is 0 Å². The van der Waals surface area contributed by atoms with E-state index in [0.29, 0.717) is 6.04 Å². The van der Waals surface area contributed by atoms with Crippen LogP contribution in [0.4, 0.5) is 5.69 Å². The second kappa shape index (κ2) is 7.41. The molecule has 0 aliphatic heterocycles. The first-order chi connectivity index (χ1) is 9.69. The summed E-state index contributed by atoms with van der Waals surface area (Å²) in [6.07, 6.45) is 4.47. The van der Waals surface area contributed by atoms with E-state index in [1.54, 1.807) is 0 Å². The molecule has 4 heteroatoms. The summed E-state index contributed by atoms with van der Waals surface area (Å²) in [6.45, 7) is 3.76. The van der Waals surface area contributed by atoms with E-state index in [0.717, 1.165) is 31.6 Å². The molecule has 0 radical (unpaired) electrons. The zero-order valence-electron chi connectivity index (χ0n) is 12.1. The van der Waals surface area contributed by atoms with Crippen LogP contribution in [0.3, 0.4) is 0 Å². The first kappa shape index (κ1) is 15.0. The largest absolute Gasteiger partial charge is 0.396 e. The minimum atomic E-state index is -0.0378. The third kappa shape index (κ3) is 4.94. The highest BCUT2D eigenvalue weighted by Gasteiger charge is 2.28. The molecule has 2 N–H and O–H groups in total. The van der Waals surface area contributed by atoms with E-state index in [9.17, 15) is 4.79 Å². The monoisotopic (exact) mass is 276 g/mol. The van der Waals surface area contributed by atoms with E-state index < -0.39 is 0 Å². The van der Waals surface area contributed by atoms with Crippen molar-refractivity contribution in [3.63, 3.8) is 0 Å². The van der Waals surface area contributed by atoms with Gasteiger partial charge in [-0.15, -0.1) is 0 Å². The van der Waals surface area contributed by atoms with Gasteiger partial charge in [-0.25, -0.2) is 0 Å². The maximum atomic E-state index is 11.1. The van der Waals surface area contributed by atoms with Crippen LogP contribution in [0.25, 0.3) is 0 Å². The maximum Gasteiger partial charge on any atom is 0.221 e. The van der Waals surface area contributed by atoms with Gasteiger partial charge in [-0.2, -0.15) is 0 Å². The molecular weight excluding hydrogens is 252 g/mol. The Balaban J connectivity index is 1.93. The number of hydrogen-bond acceptors (Lipinski definition) is 3. The molecule has 110 valence electrons. The topological polar surface area (TPSA) is 52.6 Å². The quantitative estimate of drug-likeness (QED) is 0.717. The van der Waals surface area contributed by atoms with Crippen molar-refractivity contribution < 1.29 is 9.90 Å². The SMILES string of the molecule is CC(=O)Nc1cccc(CN(CCCCO)C2CC2)c1. The number of anilines is 1. The Hall–Kier alpha value is -1.39. The molecule has 20 heavy (non-hydrogen) atoms. The summed E-state index contributed by atoms with van der Waals surface area (Å²) in [5.74, 6) is -0.0378. The maximum absolute atomic E-state index is 11.1. The number of hydrogen-bond donors (Lipinski definition) is 2. The summed E-state index contributed by atoms with van der Waals surface area (Å²) in [5, 5.41) is 11.7. The van der Waals surface area contributed by atoms with Crippen molar-refractivity contribution in [2.75, 3.05) is 18.5 Å². The number of carbonyl (C=O) groups is 1. The Morgan fingerprint density at radius 3 is 2.85 bits per heavy atom. The van der Waals surface area contributed by atoms with Gasteiger partial charge in [0.15, 0.2) is 0 Å². The Morgan fingerprint density at radius 1 is 1.40 bits per heavy atom. The molecule has 1 aliphatic rings.